The minimum absolute atomic E-state index is 0.0909. The first kappa shape index (κ1) is 18.1. The smallest absolute Gasteiger partial charge is 0.225 e. The van der Waals surface area contributed by atoms with Gasteiger partial charge in [-0.2, -0.15) is 10.2 Å². The van der Waals surface area contributed by atoms with E-state index < -0.39 is 0 Å². The fourth-order valence-corrected chi connectivity index (χ4v) is 2.96. The number of halogens is 1. The largest absolute Gasteiger partial charge is 0.346 e. The Morgan fingerprint density at radius 3 is 2.54 bits per heavy atom. The van der Waals surface area contributed by atoms with E-state index in [2.05, 4.69) is 20.5 Å². The third kappa shape index (κ3) is 3.77. The van der Waals surface area contributed by atoms with Crippen molar-refractivity contribution < 1.29 is 4.79 Å². The summed E-state index contributed by atoms with van der Waals surface area (Å²) in [6.45, 7) is 5.73. The average molecular weight is 373 g/mol. The number of hydrogen-bond acceptors (Lipinski definition) is 4. The van der Waals surface area contributed by atoms with Crippen molar-refractivity contribution in [2.45, 2.75) is 33.2 Å². The van der Waals surface area contributed by atoms with E-state index in [-0.39, 0.29) is 18.4 Å². The molecule has 0 aliphatic heterocycles. The molecule has 0 spiro atoms. The summed E-state index contributed by atoms with van der Waals surface area (Å²) < 4.78 is 3.44. The number of carbonyl (C=O) groups excluding carboxylic acids is 1. The average Bonchev–Trinajstić information content (AvgIpc) is 3.14. The molecule has 7 nitrogen and oxygen atoms in total. The number of nitrogens with one attached hydrogen (secondary N) is 1. The number of aryl methyl sites for hydroxylation is 2. The summed E-state index contributed by atoms with van der Waals surface area (Å²) in [5, 5.41) is 12.4. The molecule has 1 N–H and O–H groups in total. The van der Waals surface area contributed by atoms with Crippen molar-refractivity contribution in [3.63, 3.8) is 0 Å². The summed E-state index contributed by atoms with van der Waals surface area (Å²) in [4.78, 5) is 16.6. The molecule has 0 aliphatic rings. The fourth-order valence-electron chi connectivity index (χ4n) is 2.84. The molecule has 0 radical (unpaired) electrons. The Hall–Kier alpha value is -2.67. The van der Waals surface area contributed by atoms with Crippen LogP contribution in [-0.2, 0) is 18.3 Å². The predicted octanol–water partition coefficient (Wildman–Crippen LogP) is 2.69. The number of amides is 1. The van der Waals surface area contributed by atoms with Gasteiger partial charge in [-0.25, -0.2) is 9.67 Å². The number of rotatable bonds is 5. The Bertz CT molecular complexity index is 928. The van der Waals surface area contributed by atoms with E-state index in [9.17, 15) is 4.79 Å². The molecule has 0 fully saturated rings. The lowest BCUT2D eigenvalue weighted by Crippen LogP contribution is -2.29. The molecule has 1 aromatic carbocycles. The summed E-state index contributed by atoms with van der Waals surface area (Å²) in [5.74, 6) is 0.498. The summed E-state index contributed by atoms with van der Waals surface area (Å²) in [6.07, 6.45) is 1.87. The van der Waals surface area contributed by atoms with Crippen molar-refractivity contribution in [3.05, 3.63) is 58.4 Å². The van der Waals surface area contributed by atoms with E-state index in [0.29, 0.717) is 10.8 Å². The minimum Gasteiger partial charge on any atom is -0.346 e. The van der Waals surface area contributed by atoms with Gasteiger partial charge >= 0.3 is 0 Å². The first-order valence-electron chi connectivity index (χ1n) is 8.31. The first-order valence-corrected chi connectivity index (χ1v) is 8.69. The van der Waals surface area contributed by atoms with Crippen LogP contribution in [0.5, 0.6) is 0 Å². The minimum atomic E-state index is -0.254. The van der Waals surface area contributed by atoms with Crippen molar-refractivity contribution in [1.82, 2.24) is 29.9 Å². The lowest BCUT2D eigenvalue weighted by atomic mass is 10.1. The highest BCUT2D eigenvalue weighted by Crippen LogP contribution is 2.20. The van der Waals surface area contributed by atoms with Crippen LogP contribution in [0.25, 0.3) is 5.69 Å². The number of carbonyl (C=O) groups is 1. The zero-order chi connectivity index (χ0) is 18.8. The number of aromatic nitrogens is 5. The van der Waals surface area contributed by atoms with Gasteiger partial charge in [0.25, 0.3) is 0 Å². The monoisotopic (exact) mass is 372 g/mol. The van der Waals surface area contributed by atoms with E-state index in [1.807, 2.05) is 49.7 Å². The second-order valence-electron chi connectivity index (χ2n) is 6.28. The highest BCUT2D eigenvalue weighted by atomic mass is 35.5. The normalized spacial score (nSPS) is 12.2. The molecule has 8 heteroatoms. The highest BCUT2D eigenvalue weighted by molar-refractivity contribution is 6.30. The van der Waals surface area contributed by atoms with Gasteiger partial charge in [-0.3, -0.25) is 9.48 Å². The molecule has 1 unspecified atom stereocenters. The molecule has 0 saturated carbocycles. The molecule has 0 saturated heterocycles. The van der Waals surface area contributed by atoms with Crippen molar-refractivity contribution >= 4 is 17.5 Å². The standard InChI is InChI=1S/C18H21ClN6O/c1-11-16(9-17(26)21-12(2)18-20-10-24(4)23-18)13(3)25(22-11)15-7-5-14(19)6-8-15/h5-8,10,12H,9H2,1-4H3,(H,21,26). The van der Waals surface area contributed by atoms with Crippen LogP contribution < -0.4 is 5.32 Å². The van der Waals surface area contributed by atoms with Gasteiger partial charge in [0.05, 0.1) is 23.8 Å². The third-order valence-corrected chi connectivity index (χ3v) is 4.48. The van der Waals surface area contributed by atoms with Crippen molar-refractivity contribution in [3.8, 4) is 5.69 Å². The maximum absolute atomic E-state index is 12.5. The highest BCUT2D eigenvalue weighted by Gasteiger charge is 2.18. The number of hydrogen-bond donors (Lipinski definition) is 1. The molecule has 1 amide bonds. The molecule has 3 aromatic rings. The Morgan fingerprint density at radius 2 is 1.92 bits per heavy atom. The second kappa shape index (κ2) is 7.29. The van der Waals surface area contributed by atoms with Crippen LogP contribution in [0, 0.1) is 13.8 Å². The number of benzene rings is 1. The summed E-state index contributed by atoms with van der Waals surface area (Å²) in [6, 6.07) is 7.19. The van der Waals surface area contributed by atoms with Gasteiger partial charge in [-0.05, 0) is 45.0 Å². The van der Waals surface area contributed by atoms with E-state index in [1.54, 1.807) is 18.1 Å². The first-order chi connectivity index (χ1) is 12.3. The maximum Gasteiger partial charge on any atom is 0.225 e. The zero-order valence-electron chi connectivity index (χ0n) is 15.2. The quantitative estimate of drug-likeness (QED) is 0.747. The van der Waals surface area contributed by atoms with Crippen LogP contribution >= 0.6 is 11.6 Å². The van der Waals surface area contributed by atoms with Gasteiger partial charge in [0.2, 0.25) is 5.91 Å². The van der Waals surface area contributed by atoms with Crippen molar-refractivity contribution in [1.29, 1.82) is 0 Å². The molecule has 136 valence electrons. The van der Waals surface area contributed by atoms with Crippen LogP contribution in [0.1, 0.15) is 35.7 Å². The maximum atomic E-state index is 12.5. The third-order valence-electron chi connectivity index (χ3n) is 4.23. The Labute approximate surface area is 157 Å². The van der Waals surface area contributed by atoms with Crippen molar-refractivity contribution in [2.24, 2.45) is 7.05 Å². The van der Waals surface area contributed by atoms with Crippen LogP contribution in [0.2, 0.25) is 5.02 Å². The molecule has 0 bridgehead atoms. The van der Waals surface area contributed by atoms with Gasteiger partial charge in [0.15, 0.2) is 5.82 Å². The van der Waals surface area contributed by atoms with Crippen molar-refractivity contribution in [2.75, 3.05) is 0 Å². The lowest BCUT2D eigenvalue weighted by molar-refractivity contribution is -0.121. The molecule has 1 atom stereocenters. The van der Waals surface area contributed by atoms with Crippen LogP contribution in [-0.4, -0.2) is 30.5 Å². The lowest BCUT2D eigenvalue weighted by Gasteiger charge is -2.11. The Kier molecular flexibility index (Phi) is 5.08. The summed E-state index contributed by atoms with van der Waals surface area (Å²) >= 11 is 5.95. The van der Waals surface area contributed by atoms with Gasteiger partial charge in [0, 0.05) is 23.3 Å². The molecule has 2 heterocycles. The SMILES string of the molecule is Cc1nn(-c2ccc(Cl)cc2)c(C)c1CC(=O)NC(C)c1ncn(C)n1. The van der Waals surface area contributed by atoms with Crippen LogP contribution in [0.3, 0.4) is 0 Å². The number of nitrogens with zero attached hydrogens (tertiary/aromatic N) is 5. The van der Waals surface area contributed by atoms with Gasteiger partial charge in [-0.15, -0.1) is 0 Å². The Morgan fingerprint density at radius 1 is 1.23 bits per heavy atom. The van der Waals surface area contributed by atoms with E-state index in [0.717, 1.165) is 22.6 Å². The van der Waals surface area contributed by atoms with Crippen LogP contribution in [0.4, 0.5) is 0 Å². The van der Waals surface area contributed by atoms with E-state index in [1.165, 1.54) is 0 Å². The molecular weight excluding hydrogens is 352 g/mol. The van der Waals surface area contributed by atoms with Gasteiger partial charge in [-0.1, -0.05) is 11.6 Å². The van der Waals surface area contributed by atoms with Gasteiger partial charge in [0.1, 0.15) is 6.33 Å². The molecule has 3 rings (SSSR count). The molecule has 26 heavy (non-hydrogen) atoms. The molecule has 2 aromatic heterocycles. The second-order valence-corrected chi connectivity index (χ2v) is 6.72. The summed E-state index contributed by atoms with van der Waals surface area (Å²) in [5.41, 5.74) is 3.59. The van der Waals surface area contributed by atoms with Crippen LogP contribution in [0.15, 0.2) is 30.6 Å². The Balaban J connectivity index is 1.75. The predicted molar refractivity (Wildman–Crippen MR) is 99.3 cm³/mol. The topological polar surface area (TPSA) is 77.6 Å². The van der Waals surface area contributed by atoms with E-state index in [4.69, 9.17) is 11.6 Å². The fraction of sp³-hybridized carbons (Fsp3) is 0.333. The summed E-state index contributed by atoms with van der Waals surface area (Å²) in [7, 11) is 1.79. The molecular formula is C18H21ClN6O. The van der Waals surface area contributed by atoms with E-state index >= 15 is 0 Å². The zero-order valence-corrected chi connectivity index (χ0v) is 15.9. The molecule has 0 aliphatic carbocycles. The van der Waals surface area contributed by atoms with Gasteiger partial charge < -0.3 is 5.32 Å².